The molecule has 0 radical (unpaired) electrons. The van der Waals surface area contributed by atoms with Gasteiger partial charge in [0.1, 0.15) is 0 Å². The third kappa shape index (κ3) is 2.73. The number of hydrogen-bond donors (Lipinski definition) is 1. The Labute approximate surface area is 84.9 Å². The summed E-state index contributed by atoms with van der Waals surface area (Å²) in [4.78, 5) is 1.02. The van der Waals surface area contributed by atoms with E-state index in [4.69, 9.17) is 0 Å². The molecule has 0 amide bonds. The Balaban J connectivity index is 2.52. The van der Waals surface area contributed by atoms with E-state index in [1.165, 1.54) is 0 Å². The zero-order valence-corrected chi connectivity index (χ0v) is 9.07. The third-order valence-corrected chi connectivity index (χ3v) is 3.36. The van der Waals surface area contributed by atoms with Gasteiger partial charge >= 0.3 is 0 Å². The molecule has 0 aliphatic carbocycles. The van der Waals surface area contributed by atoms with E-state index in [-0.39, 0.29) is 6.10 Å². The molecule has 12 heavy (non-hydrogen) atoms. The summed E-state index contributed by atoms with van der Waals surface area (Å²) < 4.78 is 1.04. The molecule has 1 nitrogen and oxygen atoms in total. The molecule has 0 bridgehead atoms. The molecule has 1 rings (SSSR count). The maximum atomic E-state index is 9.61. The van der Waals surface area contributed by atoms with Crippen molar-refractivity contribution in [3.05, 3.63) is 33.5 Å². The monoisotopic (exact) mass is 246 g/mol. The number of aliphatic hydroxyl groups is 1. The molecule has 3 heteroatoms. The second kappa shape index (κ2) is 4.80. The Morgan fingerprint density at radius 3 is 3.00 bits per heavy atom. The van der Waals surface area contributed by atoms with Gasteiger partial charge in [0.25, 0.3) is 0 Å². The Bertz CT molecular complexity index is 257. The first-order chi connectivity index (χ1) is 5.74. The van der Waals surface area contributed by atoms with E-state index in [2.05, 4.69) is 22.5 Å². The van der Waals surface area contributed by atoms with E-state index in [9.17, 15) is 5.11 Å². The molecular formula is C9H11BrOS. The van der Waals surface area contributed by atoms with Gasteiger partial charge in [-0.15, -0.1) is 17.9 Å². The average molecular weight is 247 g/mol. The number of rotatable bonds is 4. The normalized spacial score (nSPS) is 12.8. The van der Waals surface area contributed by atoms with Crippen LogP contribution in [-0.2, 0) is 0 Å². The minimum absolute atomic E-state index is 0.334. The molecule has 1 unspecified atom stereocenters. The summed E-state index contributed by atoms with van der Waals surface area (Å²) in [5, 5.41) is 11.6. The van der Waals surface area contributed by atoms with Crippen LogP contribution in [0.2, 0.25) is 0 Å². The van der Waals surface area contributed by atoms with Crippen LogP contribution in [0.5, 0.6) is 0 Å². The number of thiophene rings is 1. The Morgan fingerprint density at radius 1 is 1.75 bits per heavy atom. The Hall–Kier alpha value is -0.120. The summed E-state index contributed by atoms with van der Waals surface area (Å²) in [6.07, 6.45) is 3.11. The van der Waals surface area contributed by atoms with Crippen molar-refractivity contribution in [3.63, 3.8) is 0 Å². The van der Waals surface area contributed by atoms with Crippen LogP contribution >= 0.6 is 27.3 Å². The van der Waals surface area contributed by atoms with Gasteiger partial charge in [-0.05, 0) is 34.8 Å². The minimum atomic E-state index is -0.334. The van der Waals surface area contributed by atoms with Crippen molar-refractivity contribution in [3.8, 4) is 0 Å². The predicted molar refractivity (Wildman–Crippen MR) is 56.4 cm³/mol. The van der Waals surface area contributed by atoms with E-state index < -0.39 is 0 Å². The van der Waals surface area contributed by atoms with Gasteiger partial charge in [0.05, 0.1) is 6.10 Å². The predicted octanol–water partition coefficient (Wildman–Crippen LogP) is 3.51. The first kappa shape index (κ1) is 9.96. The number of allylic oxidation sites excluding steroid dienone is 1. The zero-order valence-electron chi connectivity index (χ0n) is 6.66. The van der Waals surface area contributed by atoms with Crippen molar-refractivity contribution in [2.24, 2.45) is 0 Å². The lowest BCUT2D eigenvalue weighted by Gasteiger charge is -2.04. The molecule has 1 atom stereocenters. The van der Waals surface area contributed by atoms with Gasteiger partial charge in [-0.2, -0.15) is 0 Å². The van der Waals surface area contributed by atoms with E-state index in [1.807, 2.05) is 17.5 Å². The molecule has 66 valence electrons. The lowest BCUT2D eigenvalue weighted by Crippen LogP contribution is -1.92. The van der Waals surface area contributed by atoms with Gasteiger partial charge < -0.3 is 5.11 Å². The minimum Gasteiger partial charge on any atom is -0.388 e. The lowest BCUT2D eigenvalue weighted by molar-refractivity contribution is 0.172. The zero-order chi connectivity index (χ0) is 8.97. The lowest BCUT2D eigenvalue weighted by atomic mass is 10.2. The van der Waals surface area contributed by atoms with Gasteiger partial charge in [0, 0.05) is 14.7 Å². The van der Waals surface area contributed by atoms with Gasteiger partial charge in [-0.25, -0.2) is 0 Å². The van der Waals surface area contributed by atoms with Crippen LogP contribution in [0, 0.1) is 0 Å². The maximum Gasteiger partial charge on any atom is 0.0885 e. The Kier molecular flexibility index (Phi) is 3.98. The highest BCUT2D eigenvalue weighted by atomic mass is 79.9. The fraction of sp³-hybridized carbons (Fsp3) is 0.333. The van der Waals surface area contributed by atoms with E-state index in [1.54, 1.807) is 11.3 Å². The van der Waals surface area contributed by atoms with Crippen LogP contribution in [0.25, 0.3) is 0 Å². The van der Waals surface area contributed by atoms with Crippen molar-refractivity contribution >= 4 is 27.3 Å². The summed E-state index contributed by atoms with van der Waals surface area (Å²) in [6.45, 7) is 3.61. The second-order valence-electron chi connectivity index (χ2n) is 2.55. The van der Waals surface area contributed by atoms with Crippen LogP contribution in [0.1, 0.15) is 23.8 Å². The molecule has 0 saturated heterocycles. The molecule has 0 saturated carbocycles. The number of aliphatic hydroxyl groups excluding tert-OH is 1. The molecule has 1 aromatic heterocycles. The second-order valence-corrected chi connectivity index (χ2v) is 4.41. The summed E-state index contributed by atoms with van der Waals surface area (Å²) in [5.41, 5.74) is 0. The molecule has 1 heterocycles. The highest BCUT2D eigenvalue weighted by molar-refractivity contribution is 9.10. The van der Waals surface area contributed by atoms with Crippen molar-refractivity contribution in [2.75, 3.05) is 0 Å². The molecule has 0 aliphatic heterocycles. The molecule has 1 N–H and O–H groups in total. The molecule has 0 aromatic carbocycles. The van der Waals surface area contributed by atoms with Crippen molar-refractivity contribution in [2.45, 2.75) is 18.9 Å². The van der Waals surface area contributed by atoms with Gasteiger partial charge in [-0.3, -0.25) is 0 Å². The quantitative estimate of drug-likeness (QED) is 0.807. The topological polar surface area (TPSA) is 20.2 Å². The molecule has 0 fully saturated rings. The largest absolute Gasteiger partial charge is 0.388 e. The van der Waals surface area contributed by atoms with Crippen LogP contribution < -0.4 is 0 Å². The summed E-state index contributed by atoms with van der Waals surface area (Å²) in [5.74, 6) is 0. The SMILES string of the molecule is C=CCCC(O)c1cc(Br)cs1. The smallest absolute Gasteiger partial charge is 0.0885 e. The van der Waals surface area contributed by atoms with E-state index >= 15 is 0 Å². The van der Waals surface area contributed by atoms with E-state index in [0.29, 0.717) is 0 Å². The van der Waals surface area contributed by atoms with Crippen LogP contribution in [-0.4, -0.2) is 5.11 Å². The summed E-state index contributed by atoms with van der Waals surface area (Å²) >= 11 is 4.92. The standard InChI is InChI=1S/C9H11BrOS/c1-2-3-4-8(11)9-5-7(10)6-12-9/h2,5-6,8,11H,1,3-4H2. The number of halogens is 1. The molecule has 0 aliphatic rings. The first-order valence-corrected chi connectivity index (χ1v) is 5.44. The van der Waals surface area contributed by atoms with Gasteiger partial charge in [-0.1, -0.05) is 6.08 Å². The van der Waals surface area contributed by atoms with E-state index in [0.717, 1.165) is 22.2 Å². The maximum absolute atomic E-state index is 9.61. The van der Waals surface area contributed by atoms with Gasteiger partial charge in [0.15, 0.2) is 0 Å². The van der Waals surface area contributed by atoms with Crippen molar-refractivity contribution < 1.29 is 5.11 Å². The first-order valence-electron chi connectivity index (χ1n) is 3.77. The highest BCUT2D eigenvalue weighted by Gasteiger charge is 2.08. The fourth-order valence-electron chi connectivity index (χ4n) is 0.921. The third-order valence-electron chi connectivity index (χ3n) is 1.56. The molecule has 1 aromatic rings. The summed E-state index contributed by atoms with van der Waals surface area (Å²) in [7, 11) is 0. The van der Waals surface area contributed by atoms with Crippen molar-refractivity contribution in [1.82, 2.24) is 0 Å². The molecular weight excluding hydrogens is 236 g/mol. The van der Waals surface area contributed by atoms with Crippen LogP contribution in [0.15, 0.2) is 28.6 Å². The highest BCUT2D eigenvalue weighted by Crippen LogP contribution is 2.27. The van der Waals surface area contributed by atoms with Gasteiger partial charge in [0.2, 0.25) is 0 Å². The fourth-order valence-corrected chi connectivity index (χ4v) is 2.39. The van der Waals surface area contributed by atoms with Crippen molar-refractivity contribution in [1.29, 1.82) is 0 Å². The average Bonchev–Trinajstić information content (AvgIpc) is 2.47. The Morgan fingerprint density at radius 2 is 2.50 bits per heavy atom. The molecule has 0 spiro atoms. The van der Waals surface area contributed by atoms with Crippen LogP contribution in [0.3, 0.4) is 0 Å². The van der Waals surface area contributed by atoms with Crippen LogP contribution in [0.4, 0.5) is 0 Å². The summed E-state index contributed by atoms with van der Waals surface area (Å²) in [6, 6.07) is 1.96. The number of hydrogen-bond acceptors (Lipinski definition) is 2.